The first-order chi connectivity index (χ1) is 10.1. The Morgan fingerprint density at radius 1 is 1.29 bits per heavy atom. The summed E-state index contributed by atoms with van der Waals surface area (Å²) < 4.78 is 10.6. The lowest BCUT2D eigenvalue weighted by molar-refractivity contribution is -0.142. The van der Waals surface area contributed by atoms with Crippen LogP contribution in [0.3, 0.4) is 0 Å². The van der Waals surface area contributed by atoms with Crippen molar-refractivity contribution in [1.29, 1.82) is 0 Å². The fourth-order valence-electron chi connectivity index (χ4n) is 2.54. The number of nitrogens with zero attached hydrogens (tertiary/aromatic N) is 2. The van der Waals surface area contributed by atoms with Gasteiger partial charge in [0.15, 0.2) is 11.5 Å². The Hall–Kier alpha value is -2.50. The van der Waals surface area contributed by atoms with Crippen LogP contribution in [0, 0.1) is 5.92 Å². The number of carboxylic acids is 1. The van der Waals surface area contributed by atoms with Gasteiger partial charge in [0.2, 0.25) is 0 Å². The molecule has 0 atom stereocenters. The van der Waals surface area contributed by atoms with E-state index in [4.69, 9.17) is 14.6 Å². The number of methoxy groups -OCH3 is 2. The van der Waals surface area contributed by atoms with Crippen molar-refractivity contribution in [2.24, 2.45) is 5.92 Å². The van der Waals surface area contributed by atoms with E-state index in [1.54, 1.807) is 20.4 Å². The van der Waals surface area contributed by atoms with Gasteiger partial charge in [0.05, 0.1) is 20.1 Å². The minimum absolute atomic E-state index is 0.317. The first kappa shape index (κ1) is 13.5. The lowest BCUT2D eigenvalue weighted by Crippen LogP contribution is -2.50. The number of carboxylic acid groups (broad SMARTS) is 1. The van der Waals surface area contributed by atoms with Crippen molar-refractivity contribution in [3.05, 3.63) is 24.4 Å². The highest BCUT2D eigenvalue weighted by molar-refractivity contribution is 5.95. The van der Waals surface area contributed by atoms with Gasteiger partial charge in [-0.3, -0.25) is 4.79 Å². The summed E-state index contributed by atoms with van der Waals surface area (Å²) in [5.74, 6) is 1.00. The van der Waals surface area contributed by atoms with Gasteiger partial charge < -0.3 is 19.5 Å². The van der Waals surface area contributed by atoms with Crippen molar-refractivity contribution in [2.75, 3.05) is 32.2 Å². The van der Waals surface area contributed by atoms with Crippen LogP contribution in [-0.2, 0) is 4.79 Å². The fourth-order valence-corrected chi connectivity index (χ4v) is 2.54. The van der Waals surface area contributed by atoms with Gasteiger partial charge >= 0.3 is 5.97 Å². The molecule has 21 heavy (non-hydrogen) atoms. The van der Waals surface area contributed by atoms with E-state index >= 15 is 0 Å². The molecule has 1 aromatic heterocycles. The van der Waals surface area contributed by atoms with E-state index in [0.717, 1.165) is 16.6 Å². The summed E-state index contributed by atoms with van der Waals surface area (Å²) in [6, 6.07) is 5.67. The highest BCUT2D eigenvalue weighted by Gasteiger charge is 2.34. The molecule has 2 aromatic rings. The van der Waals surface area contributed by atoms with E-state index in [2.05, 4.69) is 4.98 Å². The number of aliphatic carboxylic acids is 1. The Bertz CT molecular complexity index is 695. The predicted molar refractivity (Wildman–Crippen MR) is 78.2 cm³/mol. The molecule has 0 saturated carbocycles. The van der Waals surface area contributed by atoms with Crippen LogP contribution in [0.1, 0.15) is 0 Å². The fraction of sp³-hybridized carbons (Fsp3) is 0.333. The smallest absolute Gasteiger partial charge is 0.310 e. The summed E-state index contributed by atoms with van der Waals surface area (Å²) in [7, 11) is 3.18. The van der Waals surface area contributed by atoms with Crippen molar-refractivity contribution < 1.29 is 19.4 Å². The zero-order valence-electron chi connectivity index (χ0n) is 11.9. The van der Waals surface area contributed by atoms with E-state index in [1.165, 1.54) is 0 Å². The zero-order chi connectivity index (χ0) is 15.0. The summed E-state index contributed by atoms with van der Waals surface area (Å²) >= 11 is 0. The molecule has 6 heteroatoms. The first-order valence-corrected chi connectivity index (χ1v) is 6.62. The van der Waals surface area contributed by atoms with Crippen LogP contribution in [0.4, 0.5) is 5.82 Å². The Kier molecular flexibility index (Phi) is 3.29. The number of anilines is 1. The van der Waals surface area contributed by atoms with Crippen molar-refractivity contribution in [3.63, 3.8) is 0 Å². The Morgan fingerprint density at radius 3 is 2.57 bits per heavy atom. The molecule has 1 aliphatic heterocycles. The summed E-state index contributed by atoms with van der Waals surface area (Å²) in [5, 5.41) is 10.9. The molecule has 0 spiro atoms. The summed E-state index contributed by atoms with van der Waals surface area (Å²) in [4.78, 5) is 17.3. The van der Waals surface area contributed by atoms with Crippen molar-refractivity contribution >= 4 is 22.6 Å². The molecule has 0 bridgehead atoms. The number of rotatable bonds is 4. The molecule has 0 amide bonds. The average molecular weight is 288 g/mol. The third-order valence-corrected chi connectivity index (χ3v) is 3.78. The molecule has 1 N–H and O–H groups in total. The highest BCUT2D eigenvalue weighted by Crippen LogP contribution is 2.37. The lowest BCUT2D eigenvalue weighted by Gasteiger charge is -2.38. The van der Waals surface area contributed by atoms with Gasteiger partial charge in [0, 0.05) is 24.7 Å². The third-order valence-electron chi connectivity index (χ3n) is 3.78. The number of hydrogen-bond donors (Lipinski definition) is 1. The molecule has 0 aliphatic carbocycles. The maximum absolute atomic E-state index is 10.9. The molecule has 0 radical (unpaired) electrons. The Balaban J connectivity index is 2.02. The van der Waals surface area contributed by atoms with Crippen LogP contribution >= 0.6 is 0 Å². The second-order valence-corrected chi connectivity index (χ2v) is 5.00. The predicted octanol–water partition coefficient (Wildman–Crippen LogP) is 1.77. The van der Waals surface area contributed by atoms with Gasteiger partial charge in [-0.1, -0.05) is 0 Å². The minimum atomic E-state index is -0.759. The van der Waals surface area contributed by atoms with Crippen LogP contribution in [0.2, 0.25) is 0 Å². The minimum Gasteiger partial charge on any atom is -0.493 e. The third kappa shape index (κ3) is 2.22. The number of ether oxygens (including phenoxy) is 2. The first-order valence-electron chi connectivity index (χ1n) is 6.62. The van der Waals surface area contributed by atoms with Crippen molar-refractivity contribution in [2.45, 2.75) is 0 Å². The second kappa shape index (κ2) is 5.12. The van der Waals surface area contributed by atoms with Crippen molar-refractivity contribution in [3.8, 4) is 11.5 Å². The van der Waals surface area contributed by atoms with Crippen LogP contribution in [-0.4, -0.2) is 43.4 Å². The van der Waals surface area contributed by atoms with Crippen LogP contribution in [0.25, 0.3) is 10.8 Å². The number of hydrogen-bond acceptors (Lipinski definition) is 5. The Labute approximate surface area is 121 Å². The number of pyridine rings is 1. The maximum Gasteiger partial charge on any atom is 0.310 e. The molecule has 1 saturated heterocycles. The van der Waals surface area contributed by atoms with E-state index in [1.807, 2.05) is 23.1 Å². The standard InChI is InChI=1S/C15H16N2O4/c1-20-12-5-9-3-4-16-14(11(9)6-13(12)21-2)17-7-10(8-17)15(18)19/h3-6,10H,7-8H2,1-2H3,(H,18,19). The van der Waals surface area contributed by atoms with E-state index in [0.29, 0.717) is 24.6 Å². The lowest BCUT2D eigenvalue weighted by atomic mass is 9.99. The summed E-state index contributed by atoms with van der Waals surface area (Å²) in [6.45, 7) is 0.964. The molecule has 1 fully saturated rings. The van der Waals surface area contributed by atoms with Gasteiger partial charge in [-0.15, -0.1) is 0 Å². The number of aromatic nitrogens is 1. The van der Waals surface area contributed by atoms with Crippen LogP contribution in [0.15, 0.2) is 24.4 Å². The normalized spacial score (nSPS) is 14.9. The maximum atomic E-state index is 10.9. The van der Waals surface area contributed by atoms with Crippen LogP contribution < -0.4 is 14.4 Å². The molecule has 2 heterocycles. The molecule has 1 aromatic carbocycles. The number of carbonyl (C=O) groups is 1. The topological polar surface area (TPSA) is 71.9 Å². The zero-order valence-corrected chi connectivity index (χ0v) is 11.9. The molecular weight excluding hydrogens is 272 g/mol. The van der Waals surface area contributed by atoms with Gasteiger partial charge in [0.1, 0.15) is 5.82 Å². The molecular formula is C15H16N2O4. The molecule has 1 aliphatic rings. The Morgan fingerprint density at radius 2 is 1.95 bits per heavy atom. The van der Waals surface area contributed by atoms with E-state index in [9.17, 15) is 4.79 Å². The molecule has 0 unspecified atom stereocenters. The number of benzene rings is 1. The van der Waals surface area contributed by atoms with Crippen molar-refractivity contribution in [1.82, 2.24) is 4.98 Å². The van der Waals surface area contributed by atoms with E-state index in [-0.39, 0.29) is 5.92 Å². The van der Waals surface area contributed by atoms with Crippen LogP contribution in [0.5, 0.6) is 11.5 Å². The number of fused-ring (bicyclic) bond motifs is 1. The quantitative estimate of drug-likeness (QED) is 0.924. The van der Waals surface area contributed by atoms with Gasteiger partial charge in [-0.05, 0) is 23.6 Å². The van der Waals surface area contributed by atoms with Gasteiger partial charge in [-0.25, -0.2) is 4.98 Å². The summed E-state index contributed by atoms with van der Waals surface area (Å²) in [6.07, 6.45) is 1.72. The molecule has 6 nitrogen and oxygen atoms in total. The SMILES string of the molecule is COc1cc2ccnc(N3CC(C(=O)O)C3)c2cc1OC. The van der Waals surface area contributed by atoms with E-state index < -0.39 is 5.97 Å². The average Bonchev–Trinajstić information content (AvgIpc) is 2.44. The second-order valence-electron chi connectivity index (χ2n) is 5.00. The molecule has 110 valence electrons. The van der Waals surface area contributed by atoms with Gasteiger partial charge in [-0.2, -0.15) is 0 Å². The highest BCUT2D eigenvalue weighted by atomic mass is 16.5. The van der Waals surface area contributed by atoms with Gasteiger partial charge in [0.25, 0.3) is 0 Å². The molecule has 3 rings (SSSR count). The summed E-state index contributed by atoms with van der Waals surface area (Å²) in [5.41, 5.74) is 0. The monoisotopic (exact) mass is 288 g/mol. The largest absolute Gasteiger partial charge is 0.493 e.